The fourth-order valence-corrected chi connectivity index (χ4v) is 3.73. The Labute approximate surface area is 131 Å². The number of hydrogen-bond donors (Lipinski definition) is 1. The van der Waals surface area contributed by atoms with Crippen LogP contribution in [0.3, 0.4) is 0 Å². The van der Waals surface area contributed by atoms with E-state index < -0.39 is 5.91 Å². The Morgan fingerprint density at radius 2 is 2.18 bits per heavy atom. The summed E-state index contributed by atoms with van der Waals surface area (Å²) in [7, 11) is 0. The largest absolute Gasteiger partial charge is 0.365 e. The zero-order chi connectivity index (χ0) is 15.1. The van der Waals surface area contributed by atoms with Crippen molar-refractivity contribution in [3.8, 4) is 0 Å². The molecular weight excluding hydrogens is 298 g/mol. The summed E-state index contributed by atoms with van der Waals surface area (Å²) in [6.07, 6.45) is 4.47. The number of amides is 1. The Balaban J connectivity index is 1.58. The van der Waals surface area contributed by atoms with Crippen LogP contribution in [0.25, 0.3) is 10.9 Å². The zero-order valence-corrected chi connectivity index (χ0v) is 12.7. The lowest BCUT2D eigenvalue weighted by molar-refractivity contribution is 0.100. The van der Waals surface area contributed by atoms with E-state index in [2.05, 4.69) is 31.8 Å². The molecule has 22 heavy (non-hydrogen) atoms. The van der Waals surface area contributed by atoms with E-state index in [-0.39, 0.29) is 0 Å². The van der Waals surface area contributed by atoms with E-state index >= 15 is 0 Å². The van der Waals surface area contributed by atoms with Crippen molar-refractivity contribution < 1.29 is 4.79 Å². The Kier molecular flexibility index (Phi) is 3.07. The average molecular weight is 313 g/mol. The number of nitrogens with two attached hydrogens (primary N) is 1. The lowest BCUT2D eigenvalue weighted by Gasteiger charge is -2.15. The van der Waals surface area contributed by atoms with Crippen molar-refractivity contribution >= 4 is 33.3 Å². The number of fused-ring (bicyclic) bond motifs is 1. The smallest absolute Gasteiger partial charge is 0.260 e. The van der Waals surface area contributed by atoms with Crippen LogP contribution >= 0.6 is 11.3 Å². The van der Waals surface area contributed by atoms with Crippen LogP contribution in [0.5, 0.6) is 0 Å². The summed E-state index contributed by atoms with van der Waals surface area (Å²) in [4.78, 5) is 18.2. The van der Waals surface area contributed by atoms with Gasteiger partial charge in [0.15, 0.2) is 5.13 Å². The van der Waals surface area contributed by atoms with Gasteiger partial charge in [0, 0.05) is 18.5 Å². The number of primary amides is 1. The maximum absolute atomic E-state index is 11.2. The zero-order valence-electron chi connectivity index (χ0n) is 11.8. The van der Waals surface area contributed by atoms with Gasteiger partial charge in [-0.25, -0.2) is 4.98 Å². The van der Waals surface area contributed by atoms with Gasteiger partial charge in [-0.05, 0) is 12.5 Å². The normalized spacial score (nSPS) is 18.2. The van der Waals surface area contributed by atoms with Crippen LogP contribution in [-0.4, -0.2) is 33.8 Å². The molecule has 1 aliphatic rings. The van der Waals surface area contributed by atoms with Gasteiger partial charge in [-0.3, -0.25) is 9.48 Å². The highest BCUT2D eigenvalue weighted by atomic mass is 32.1. The van der Waals surface area contributed by atoms with E-state index in [1.165, 1.54) is 11.3 Å². The second-order valence-electron chi connectivity index (χ2n) is 5.41. The molecule has 0 bridgehead atoms. The number of anilines is 1. The first-order valence-electron chi connectivity index (χ1n) is 7.15. The highest BCUT2D eigenvalue weighted by molar-refractivity contribution is 7.17. The molecule has 4 rings (SSSR count). The number of carbonyl (C=O) groups is 1. The van der Waals surface area contributed by atoms with Gasteiger partial charge < -0.3 is 10.6 Å². The van der Waals surface area contributed by atoms with Gasteiger partial charge in [0.05, 0.1) is 24.0 Å². The summed E-state index contributed by atoms with van der Waals surface area (Å²) in [5.41, 5.74) is 6.45. The molecule has 1 aliphatic heterocycles. The monoisotopic (exact) mass is 313 g/mol. The molecule has 1 atom stereocenters. The van der Waals surface area contributed by atoms with Gasteiger partial charge in [0.25, 0.3) is 5.91 Å². The predicted molar refractivity (Wildman–Crippen MR) is 86.2 cm³/mol. The molecule has 7 heteroatoms. The summed E-state index contributed by atoms with van der Waals surface area (Å²) in [6, 6.07) is 8.55. The van der Waals surface area contributed by atoms with Crippen molar-refractivity contribution in [2.24, 2.45) is 5.73 Å². The number of hydrogen-bond acceptors (Lipinski definition) is 5. The molecule has 1 amide bonds. The summed E-state index contributed by atoms with van der Waals surface area (Å²) in [5, 5.41) is 6.55. The van der Waals surface area contributed by atoms with Gasteiger partial charge in [-0.15, -0.1) is 0 Å². The molecular formula is C15H15N5OS. The van der Waals surface area contributed by atoms with E-state index in [0.29, 0.717) is 10.9 Å². The molecule has 3 heterocycles. The molecule has 0 aliphatic carbocycles. The first-order chi connectivity index (χ1) is 10.7. The summed E-state index contributed by atoms with van der Waals surface area (Å²) >= 11 is 1.35. The van der Waals surface area contributed by atoms with Crippen LogP contribution in [0.4, 0.5) is 5.13 Å². The van der Waals surface area contributed by atoms with Crippen molar-refractivity contribution in [2.75, 3.05) is 18.0 Å². The van der Waals surface area contributed by atoms with Crippen LogP contribution < -0.4 is 10.6 Å². The highest BCUT2D eigenvalue weighted by Gasteiger charge is 2.27. The average Bonchev–Trinajstić information content (AvgIpc) is 3.25. The van der Waals surface area contributed by atoms with Crippen LogP contribution in [0.1, 0.15) is 22.1 Å². The SMILES string of the molecule is NC(=O)c1cnc(N2CCC(n3ncc4ccccc43)C2)s1. The number of para-hydroxylation sites is 1. The number of rotatable bonds is 3. The molecule has 0 radical (unpaired) electrons. The fraction of sp³-hybridized carbons (Fsp3) is 0.267. The predicted octanol–water partition coefficient (Wildman–Crippen LogP) is 2.04. The first kappa shape index (κ1) is 13.3. The topological polar surface area (TPSA) is 77.0 Å². The first-order valence-corrected chi connectivity index (χ1v) is 7.97. The lowest BCUT2D eigenvalue weighted by Crippen LogP contribution is -2.21. The van der Waals surface area contributed by atoms with Gasteiger partial charge in [0.1, 0.15) is 4.88 Å². The van der Waals surface area contributed by atoms with Gasteiger partial charge in [0.2, 0.25) is 0 Å². The van der Waals surface area contributed by atoms with Crippen LogP contribution in [0.15, 0.2) is 36.7 Å². The van der Waals surface area contributed by atoms with Gasteiger partial charge in [-0.2, -0.15) is 5.10 Å². The molecule has 0 saturated carbocycles. The van der Waals surface area contributed by atoms with Crippen molar-refractivity contribution in [3.05, 3.63) is 41.5 Å². The van der Waals surface area contributed by atoms with Crippen molar-refractivity contribution in [3.63, 3.8) is 0 Å². The van der Waals surface area contributed by atoms with Crippen molar-refractivity contribution in [2.45, 2.75) is 12.5 Å². The molecule has 2 aromatic heterocycles. The third kappa shape index (κ3) is 2.14. The van der Waals surface area contributed by atoms with Crippen molar-refractivity contribution in [1.29, 1.82) is 0 Å². The molecule has 2 N–H and O–H groups in total. The number of aromatic nitrogens is 3. The number of thiazole rings is 1. The standard InChI is InChI=1S/C15H15N5OS/c16-14(21)13-8-17-15(22-13)19-6-5-11(9-19)20-12-4-2-1-3-10(12)7-18-20/h1-4,7-8,11H,5-6,9H2,(H2,16,21). The molecule has 112 valence electrons. The van der Waals surface area contributed by atoms with Crippen LogP contribution in [0, 0.1) is 0 Å². The van der Waals surface area contributed by atoms with Crippen LogP contribution in [0.2, 0.25) is 0 Å². The second kappa shape index (κ2) is 5.10. The lowest BCUT2D eigenvalue weighted by atomic mass is 10.2. The molecule has 1 saturated heterocycles. The van der Waals surface area contributed by atoms with Crippen molar-refractivity contribution in [1.82, 2.24) is 14.8 Å². The Bertz CT molecular complexity index is 839. The third-order valence-electron chi connectivity index (χ3n) is 4.02. The number of nitrogens with zero attached hydrogens (tertiary/aromatic N) is 4. The molecule has 1 aromatic carbocycles. The van der Waals surface area contributed by atoms with Crippen LogP contribution in [-0.2, 0) is 0 Å². The van der Waals surface area contributed by atoms with Gasteiger partial charge >= 0.3 is 0 Å². The number of carbonyl (C=O) groups excluding carboxylic acids is 1. The molecule has 1 fully saturated rings. The molecule has 1 unspecified atom stereocenters. The minimum atomic E-state index is -0.419. The van der Waals surface area contributed by atoms with Gasteiger partial charge in [-0.1, -0.05) is 29.5 Å². The maximum atomic E-state index is 11.2. The summed E-state index contributed by atoms with van der Waals surface area (Å²) in [6.45, 7) is 1.75. The fourth-order valence-electron chi connectivity index (χ4n) is 2.92. The Morgan fingerprint density at radius 1 is 1.32 bits per heavy atom. The minimum Gasteiger partial charge on any atom is -0.365 e. The highest BCUT2D eigenvalue weighted by Crippen LogP contribution is 2.31. The Morgan fingerprint density at radius 3 is 3.00 bits per heavy atom. The summed E-state index contributed by atoms with van der Waals surface area (Å²) in [5.74, 6) is -0.419. The maximum Gasteiger partial charge on any atom is 0.260 e. The Hall–Kier alpha value is -2.41. The third-order valence-corrected chi connectivity index (χ3v) is 5.09. The minimum absolute atomic E-state index is 0.320. The molecule has 3 aromatic rings. The van der Waals surface area contributed by atoms with E-state index in [0.717, 1.165) is 35.5 Å². The van der Waals surface area contributed by atoms with E-state index in [9.17, 15) is 4.79 Å². The summed E-state index contributed by atoms with van der Waals surface area (Å²) < 4.78 is 2.10. The van der Waals surface area contributed by atoms with E-state index in [4.69, 9.17) is 5.73 Å². The quantitative estimate of drug-likeness (QED) is 0.803. The molecule has 6 nitrogen and oxygen atoms in total. The van der Waals surface area contributed by atoms with E-state index in [1.54, 1.807) is 6.20 Å². The molecule has 0 spiro atoms. The van der Waals surface area contributed by atoms with E-state index in [1.807, 2.05) is 18.3 Å². The number of benzene rings is 1. The second-order valence-corrected chi connectivity index (χ2v) is 6.42.